The average molecular weight is 791 g/mol. The molecule has 0 saturated heterocycles. The monoisotopic (exact) mass is 791 g/mol. The van der Waals surface area contributed by atoms with E-state index in [1.807, 2.05) is 27.7 Å². The van der Waals surface area contributed by atoms with Gasteiger partial charge in [-0.2, -0.15) is 0 Å². The predicted molar refractivity (Wildman–Crippen MR) is 210 cm³/mol. The van der Waals surface area contributed by atoms with Gasteiger partial charge in [0.25, 0.3) is 0 Å². The lowest BCUT2D eigenvalue weighted by Gasteiger charge is -2.09. The van der Waals surface area contributed by atoms with E-state index in [9.17, 15) is 0 Å². The van der Waals surface area contributed by atoms with Gasteiger partial charge in [0.2, 0.25) is 0 Å². The maximum Gasteiger partial charge on any atom is 0.0840 e. The van der Waals surface area contributed by atoms with E-state index < -0.39 is 0 Å². The van der Waals surface area contributed by atoms with Crippen LogP contribution in [0.15, 0.2) is 11.9 Å². The Morgan fingerprint density at radius 1 is 0.407 bits per heavy atom. The lowest BCUT2D eigenvalue weighted by atomic mass is 10.1. The molecule has 0 radical (unpaired) electrons. The second kappa shape index (κ2) is 56.1. The Morgan fingerprint density at radius 2 is 0.611 bits per heavy atom. The molecule has 54 heavy (non-hydrogen) atoms. The molecule has 0 aromatic carbocycles. The first-order chi connectivity index (χ1) is 26.7. The zero-order valence-corrected chi connectivity index (χ0v) is 35.0. The molecule has 0 bridgehead atoms. The van der Waals surface area contributed by atoms with E-state index in [2.05, 4.69) is 19.2 Å². The summed E-state index contributed by atoms with van der Waals surface area (Å²) in [5, 5.41) is 11.7. The maximum atomic E-state index is 8.76. The van der Waals surface area contributed by atoms with Crippen LogP contribution in [0.3, 0.4) is 0 Å². The summed E-state index contributed by atoms with van der Waals surface area (Å²) in [5.41, 5.74) is 5.83. The fourth-order valence-electron chi connectivity index (χ4n) is 3.44. The molecule has 0 aliphatic carbocycles. The van der Waals surface area contributed by atoms with E-state index in [-0.39, 0.29) is 6.61 Å². The molecule has 0 aromatic rings. The molecule has 0 heterocycles. The molecule has 0 spiro atoms. The zero-order valence-electron chi connectivity index (χ0n) is 35.0. The van der Waals surface area contributed by atoms with Crippen molar-refractivity contribution in [2.45, 2.75) is 48.0 Å². The molecule has 0 aromatic heterocycles. The Bertz CT molecular complexity index is 670. The Kier molecular flexibility index (Phi) is 59.3. The summed E-state index contributed by atoms with van der Waals surface area (Å²) < 4.78 is 71.1. The SMILES string of the molecule is CC.CC.CC(C)CCOCCOCCOCCOCCOCCOCCOCCOCCOCCOCCOCCOCCOCCN/C=C(\N)CO. The minimum atomic E-state index is -0.166. The minimum Gasteiger partial charge on any atom is -0.399 e. The van der Waals surface area contributed by atoms with Gasteiger partial charge >= 0.3 is 0 Å². The van der Waals surface area contributed by atoms with E-state index in [1.54, 1.807) is 6.20 Å². The summed E-state index contributed by atoms with van der Waals surface area (Å²) in [6.45, 7) is 26.6. The summed E-state index contributed by atoms with van der Waals surface area (Å²) in [4.78, 5) is 0. The smallest absolute Gasteiger partial charge is 0.0840 e. The molecule has 328 valence electrons. The van der Waals surface area contributed by atoms with E-state index in [0.29, 0.717) is 183 Å². The van der Waals surface area contributed by atoms with Gasteiger partial charge < -0.3 is 77.7 Å². The Hall–Kier alpha value is -1.22. The van der Waals surface area contributed by atoms with Crippen molar-refractivity contribution in [3.8, 4) is 0 Å². The number of hydrogen-bond donors (Lipinski definition) is 3. The van der Waals surface area contributed by atoms with Crippen molar-refractivity contribution >= 4 is 0 Å². The second-order valence-corrected chi connectivity index (χ2v) is 11.0. The first-order valence-corrected chi connectivity index (χ1v) is 20.0. The first kappa shape index (κ1) is 57.1. The molecule has 0 amide bonds. The molecular formula is C38H82N2O14. The molecule has 4 N–H and O–H groups in total. The Morgan fingerprint density at radius 3 is 0.815 bits per heavy atom. The normalized spacial score (nSPS) is 11.4. The summed E-state index contributed by atoms with van der Waals surface area (Å²) >= 11 is 0. The van der Waals surface area contributed by atoms with E-state index in [0.717, 1.165) is 13.0 Å². The number of nitrogens with two attached hydrogens (primary N) is 1. The molecule has 0 aliphatic heterocycles. The number of hydrogen-bond acceptors (Lipinski definition) is 16. The molecule has 0 unspecified atom stereocenters. The van der Waals surface area contributed by atoms with Gasteiger partial charge in [-0.3, -0.25) is 0 Å². The zero-order chi connectivity index (χ0) is 40.3. The van der Waals surface area contributed by atoms with Crippen molar-refractivity contribution in [1.29, 1.82) is 0 Å². The Labute approximate surface area is 328 Å². The molecule has 0 saturated carbocycles. The van der Waals surface area contributed by atoms with E-state index in [4.69, 9.17) is 72.4 Å². The van der Waals surface area contributed by atoms with Crippen LogP contribution in [-0.4, -0.2) is 190 Å². The average Bonchev–Trinajstić information content (AvgIpc) is 3.19. The fraction of sp³-hybridized carbons (Fsp3) is 0.947. The molecule has 0 aliphatic rings. The lowest BCUT2D eigenvalue weighted by Crippen LogP contribution is -2.18. The van der Waals surface area contributed by atoms with Crippen molar-refractivity contribution in [3.63, 3.8) is 0 Å². The first-order valence-electron chi connectivity index (χ1n) is 20.0. The molecular weight excluding hydrogens is 708 g/mol. The lowest BCUT2D eigenvalue weighted by molar-refractivity contribution is -0.0290. The van der Waals surface area contributed by atoms with E-state index in [1.165, 1.54) is 0 Å². The van der Waals surface area contributed by atoms with Crippen LogP contribution < -0.4 is 11.1 Å². The van der Waals surface area contributed by atoms with Crippen LogP contribution in [0.1, 0.15) is 48.0 Å². The number of aliphatic hydroxyl groups is 1. The highest BCUT2D eigenvalue weighted by Crippen LogP contribution is 1.98. The summed E-state index contributed by atoms with van der Waals surface area (Å²) in [6, 6.07) is 0. The van der Waals surface area contributed by atoms with Gasteiger partial charge in [-0.1, -0.05) is 41.5 Å². The van der Waals surface area contributed by atoms with Crippen molar-refractivity contribution in [2.75, 3.05) is 185 Å². The van der Waals surface area contributed by atoms with Gasteiger partial charge in [0.15, 0.2) is 0 Å². The van der Waals surface area contributed by atoms with Gasteiger partial charge in [0, 0.05) is 25.0 Å². The second-order valence-electron chi connectivity index (χ2n) is 11.0. The largest absolute Gasteiger partial charge is 0.399 e. The standard InChI is InChI=1S/C34H70N2O14.2C2H6/c1-33(2)3-5-38-7-9-40-11-13-42-15-17-44-19-21-46-23-25-48-27-29-50-30-28-49-26-24-47-22-20-45-18-16-43-14-12-41-10-8-39-6-4-36-31-34(35)32-37;2*1-2/h31,33,36-37H,3-30,32,35H2,1-2H3;2*1-2H3/b34-31-;;. The van der Waals surface area contributed by atoms with Crippen LogP contribution in [0.25, 0.3) is 0 Å². The van der Waals surface area contributed by atoms with Crippen molar-refractivity contribution in [1.82, 2.24) is 5.32 Å². The highest BCUT2D eigenvalue weighted by Gasteiger charge is 1.98. The Balaban J connectivity index is -0.00000627. The number of aliphatic hydroxyl groups excluding tert-OH is 1. The molecule has 0 rings (SSSR count). The van der Waals surface area contributed by atoms with Crippen LogP contribution in [0.2, 0.25) is 0 Å². The number of nitrogens with one attached hydrogen (secondary N) is 1. The van der Waals surface area contributed by atoms with Crippen molar-refractivity contribution in [3.05, 3.63) is 11.9 Å². The topological polar surface area (TPSA) is 178 Å². The quantitative estimate of drug-likeness (QED) is 0.0767. The van der Waals surface area contributed by atoms with Gasteiger partial charge in [0.1, 0.15) is 0 Å². The van der Waals surface area contributed by atoms with Gasteiger partial charge in [-0.05, 0) is 12.3 Å². The summed E-state index contributed by atoms with van der Waals surface area (Å²) in [5.74, 6) is 0.664. The van der Waals surface area contributed by atoms with Crippen LogP contribution >= 0.6 is 0 Å². The maximum absolute atomic E-state index is 8.76. The van der Waals surface area contributed by atoms with Crippen LogP contribution in [-0.2, 0) is 61.6 Å². The van der Waals surface area contributed by atoms with Crippen LogP contribution in [0.5, 0.6) is 0 Å². The minimum absolute atomic E-state index is 0.166. The van der Waals surface area contributed by atoms with Crippen molar-refractivity contribution in [2.24, 2.45) is 11.7 Å². The van der Waals surface area contributed by atoms with Crippen LogP contribution in [0, 0.1) is 5.92 Å². The third kappa shape index (κ3) is 57.5. The van der Waals surface area contributed by atoms with Gasteiger partial charge in [-0.15, -0.1) is 0 Å². The van der Waals surface area contributed by atoms with Crippen LogP contribution in [0.4, 0.5) is 0 Å². The highest BCUT2D eigenvalue weighted by atomic mass is 16.6. The van der Waals surface area contributed by atoms with Crippen molar-refractivity contribution < 1.29 is 66.7 Å². The molecule has 16 nitrogen and oxygen atoms in total. The molecule has 0 atom stereocenters. The molecule has 0 fully saturated rings. The van der Waals surface area contributed by atoms with Gasteiger partial charge in [-0.25, -0.2) is 0 Å². The molecule has 16 heteroatoms. The summed E-state index contributed by atoms with van der Waals surface area (Å²) in [7, 11) is 0. The number of ether oxygens (including phenoxy) is 13. The predicted octanol–water partition coefficient (Wildman–Crippen LogP) is 2.68. The fourth-order valence-corrected chi connectivity index (χ4v) is 3.44. The van der Waals surface area contributed by atoms with Gasteiger partial charge in [0.05, 0.1) is 172 Å². The third-order valence-corrected chi connectivity index (χ3v) is 6.16. The summed E-state index contributed by atoms with van der Waals surface area (Å²) in [6.07, 6.45) is 2.64. The van der Waals surface area contributed by atoms with E-state index >= 15 is 0 Å². The number of rotatable bonds is 44. The third-order valence-electron chi connectivity index (χ3n) is 6.16. The highest BCUT2D eigenvalue weighted by molar-refractivity contribution is 4.93.